The zero-order chi connectivity index (χ0) is 17.1. The molecule has 0 aromatic heterocycles. The summed E-state index contributed by atoms with van der Waals surface area (Å²) < 4.78 is 0. The maximum absolute atomic E-state index is 12.5. The standard InChI is InChI=1S/C18H15Cl2N3O/c19-15-3-1-2-13(10-15)18(24)23-8-6-22(7-9-23)17-5-4-16(20)11-14(17)12-21/h1-5,10-11H,6-9H2. The summed E-state index contributed by atoms with van der Waals surface area (Å²) in [5.41, 5.74) is 2.01. The van der Waals surface area contributed by atoms with Gasteiger partial charge >= 0.3 is 0 Å². The highest BCUT2D eigenvalue weighted by Gasteiger charge is 2.23. The third-order valence-electron chi connectivity index (χ3n) is 4.06. The van der Waals surface area contributed by atoms with Crippen molar-refractivity contribution >= 4 is 34.8 Å². The van der Waals surface area contributed by atoms with Crippen LogP contribution >= 0.6 is 23.2 Å². The third-order valence-corrected chi connectivity index (χ3v) is 4.53. The van der Waals surface area contributed by atoms with E-state index in [4.69, 9.17) is 23.2 Å². The van der Waals surface area contributed by atoms with E-state index in [-0.39, 0.29) is 5.91 Å². The van der Waals surface area contributed by atoms with Crippen LogP contribution in [0.2, 0.25) is 10.0 Å². The average Bonchev–Trinajstić information content (AvgIpc) is 2.61. The lowest BCUT2D eigenvalue weighted by molar-refractivity contribution is 0.0747. The number of rotatable bonds is 2. The molecule has 0 spiro atoms. The number of hydrogen-bond acceptors (Lipinski definition) is 3. The quantitative estimate of drug-likeness (QED) is 0.818. The van der Waals surface area contributed by atoms with Crippen molar-refractivity contribution in [3.05, 3.63) is 63.6 Å². The van der Waals surface area contributed by atoms with Crippen LogP contribution in [-0.2, 0) is 0 Å². The zero-order valence-electron chi connectivity index (χ0n) is 12.9. The number of benzene rings is 2. The monoisotopic (exact) mass is 359 g/mol. The number of anilines is 1. The predicted molar refractivity (Wildman–Crippen MR) is 95.7 cm³/mol. The second kappa shape index (κ2) is 7.12. The Morgan fingerprint density at radius 3 is 2.38 bits per heavy atom. The van der Waals surface area contributed by atoms with Crippen LogP contribution in [0.5, 0.6) is 0 Å². The number of halogens is 2. The summed E-state index contributed by atoms with van der Waals surface area (Å²) in [6, 6.07) is 14.5. The smallest absolute Gasteiger partial charge is 0.254 e. The molecule has 3 rings (SSSR count). The first-order valence-electron chi connectivity index (χ1n) is 7.58. The Labute approximate surface area is 150 Å². The first-order valence-corrected chi connectivity index (χ1v) is 8.33. The second-order valence-corrected chi connectivity index (χ2v) is 6.44. The number of carbonyl (C=O) groups is 1. The Bertz CT molecular complexity index is 808. The average molecular weight is 360 g/mol. The molecule has 2 aromatic rings. The lowest BCUT2D eigenvalue weighted by Crippen LogP contribution is -2.49. The van der Waals surface area contributed by atoms with Crippen LogP contribution in [0.3, 0.4) is 0 Å². The molecule has 0 bridgehead atoms. The van der Waals surface area contributed by atoms with Crippen LogP contribution in [0, 0.1) is 11.3 Å². The van der Waals surface area contributed by atoms with Gasteiger partial charge in [0, 0.05) is 41.8 Å². The van der Waals surface area contributed by atoms with Crippen molar-refractivity contribution < 1.29 is 4.79 Å². The molecule has 0 radical (unpaired) electrons. The molecule has 1 saturated heterocycles. The largest absolute Gasteiger partial charge is 0.367 e. The van der Waals surface area contributed by atoms with Gasteiger partial charge in [-0.1, -0.05) is 29.3 Å². The van der Waals surface area contributed by atoms with Crippen molar-refractivity contribution in [2.45, 2.75) is 0 Å². The maximum atomic E-state index is 12.5. The molecule has 0 N–H and O–H groups in total. The van der Waals surface area contributed by atoms with Crippen LogP contribution in [-0.4, -0.2) is 37.0 Å². The lowest BCUT2D eigenvalue weighted by atomic mass is 10.1. The van der Waals surface area contributed by atoms with Crippen LogP contribution in [0.15, 0.2) is 42.5 Å². The van der Waals surface area contributed by atoms with E-state index in [0.29, 0.717) is 47.4 Å². The molecular formula is C18H15Cl2N3O. The van der Waals surface area contributed by atoms with Crippen LogP contribution in [0.25, 0.3) is 0 Å². The number of piperazine rings is 1. The minimum absolute atomic E-state index is 0.0197. The van der Waals surface area contributed by atoms with Crippen LogP contribution in [0.4, 0.5) is 5.69 Å². The van der Waals surface area contributed by atoms with E-state index in [1.54, 1.807) is 36.4 Å². The maximum Gasteiger partial charge on any atom is 0.254 e. The highest BCUT2D eigenvalue weighted by Crippen LogP contribution is 2.25. The van der Waals surface area contributed by atoms with Crippen molar-refractivity contribution in [3.8, 4) is 6.07 Å². The number of amides is 1. The Morgan fingerprint density at radius 2 is 1.71 bits per heavy atom. The number of hydrogen-bond donors (Lipinski definition) is 0. The fourth-order valence-corrected chi connectivity index (χ4v) is 3.19. The Kier molecular flexibility index (Phi) is 4.94. The highest BCUT2D eigenvalue weighted by atomic mass is 35.5. The van der Waals surface area contributed by atoms with Gasteiger partial charge in [0.25, 0.3) is 5.91 Å². The normalized spacial score (nSPS) is 14.4. The summed E-state index contributed by atoms with van der Waals surface area (Å²) in [4.78, 5) is 16.5. The Balaban J connectivity index is 1.70. The van der Waals surface area contributed by atoms with Crippen LogP contribution < -0.4 is 4.90 Å². The van der Waals surface area contributed by atoms with Gasteiger partial charge in [-0.3, -0.25) is 4.79 Å². The van der Waals surface area contributed by atoms with Gasteiger partial charge in [0.05, 0.1) is 11.3 Å². The van der Waals surface area contributed by atoms with Gasteiger partial charge in [-0.25, -0.2) is 0 Å². The van der Waals surface area contributed by atoms with Gasteiger partial charge in [0.1, 0.15) is 6.07 Å². The second-order valence-electron chi connectivity index (χ2n) is 5.56. The molecule has 1 amide bonds. The van der Waals surface area contributed by atoms with Gasteiger partial charge in [-0.05, 0) is 36.4 Å². The first-order chi connectivity index (χ1) is 11.6. The summed E-state index contributed by atoms with van der Waals surface area (Å²) in [5.74, 6) is -0.0197. The van der Waals surface area contributed by atoms with Crippen molar-refractivity contribution in [2.75, 3.05) is 31.1 Å². The van der Waals surface area contributed by atoms with Gasteiger partial charge in [0.15, 0.2) is 0 Å². The molecule has 1 aliphatic heterocycles. The van der Waals surface area contributed by atoms with Gasteiger partial charge < -0.3 is 9.80 Å². The molecule has 6 heteroatoms. The van der Waals surface area contributed by atoms with Gasteiger partial charge in [0.2, 0.25) is 0 Å². The zero-order valence-corrected chi connectivity index (χ0v) is 14.4. The molecule has 1 fully saturated rings. The minimum atomic E-state index is -0.0197. The van der Waals surface area contributed by atoms with E-state index in [1.165, 1.54) is 0 Å². The van der Waals surface area contributed by atoms with Crippen molar-refractivity contribution in [1.82, 2.24) is 4.90 Å². The summed E-state index contributed by atoms with van der Waals surface area (Å²) in [6.45, 7) is 2.53. The SMILES string of the molecule is N#Cc1cc(Cl)ccc1N1CCN(C(=O)c2cccc(Cl)c2)CC1. The molecule has 0 unspecified atom stereocenters. The molecule has 1 aliphatic rings. The minimum Gasteiger partial charge on any atom is -0.367 e. The Hall–Kier alpha value is -2.22. The molecule has 0 atom stereocenters. The summed E-state index contributed by atoms with van der Waals surface area (Å²) in [5, 5.41) is 10.4. The summed E-state index contributed by atoms with van der Waals surface area (Å²) >= 11 is 11.9. The number of nitriles is 1. The molecule has 4 nitrogen and oxygen atoms in total. The summed E-state index contributed by atoms with van der Waals surface area (Å²) in [7, 11) is 0. The van der Waals surface area contributed by atoms with E-state index in [2.05, 4.69) is 11.0 Å². The third kappa shape index (κ3) is 3.48. The molecule has 1 heterocycles. The van der Waals surface area contributed by atoms with E-state index in [0.717, 1.165) is 5.69 Å². The van der Waals surface area contributed by atoms with Crippen molar-refractivity contribution in [2.24, 2.45) is 0 Å². The van der Waals surface area contributed by atoms with Gasteiger partial charge in [-0.2, -0.15) is 5.26 Å². The molecule has 0 saturated carbocycles. The first kappa shape index (κ1) is 16.6. The highest BCUT2D eigenvalue weighted by molar-refractivity contribution is 6.31. The van der Waals surface area contributed by atoms with Crippen molar-refractivity contribution in [1.29, 1.82) is 5.26 Å². The fourth-order valence-electron chi connectivity index (χ4n) is 2.83. The van der Waals surface area contributed by atoms with E-state index < -0.39 is 0 Å². The predicted octanol–water partition coefficient (Wildman–Crippen LogP) is 3.83. The molecule has 0 aliphatic carbocycles. The fraction of sp³-hybridized carbons (Fsp3) is 0.222. The van der Waals surface area contributed by atoms with Gasteiger partial charge in [-0.15, -0.1) is 0 Å². The molecule has 122 valence electrons. The Morgan fingerprint density at radius 1 is 1.00 bits per heavy atom. The lowest BCUT2D eigenvalue weighted by Gasteiger charge is -2.36. The van der Waals surface area contributed by atoms with E-state index in [1.807, 2.05) is 11.0 Å². The van der Waals surface area contributed by atoms with Crippen molar-refractivity contribution in [3.63, 3.8) is 0 Å². The topological polar surface area (TPSA) is 47.3 Å². The molecule has 24 heavy (non-hydrogen) atoms. The van der Waals surface area contributed by atoms with Crippen LogP contribution in [0.1, 0.15) is 15.9 Å². The number of carbonyl (C=O) groups excluding carboxylic acids is 1. The van der Waals surface area contributed by atoms with E-state index >= 15 is 0 Å². The number of nitrogens with zero attached hydrogens (tertiary/aromatic N) is 3. The molecular weight excluding hydrogens is 345 g/mol. The molecule has 2 aromatic carbocycles. The summed E-state index contributed by atoms with van der Waals surface area (Å²) in [6.07, 6.45) is 0. The van der Waals surface area contributed by atoms with E-state index in [9.17, 15) is 10.1 Å².